The minimum atomic E-state index is -2.48. The second-order valence-corrected chi connectivity index (χ2v) is 5.50. The highest BCUT2D eigenvalue weighted by atomic mass is 32.2. The number of carbonyl (C=O) groups excluding carboxylic acids is 2. The number of carbonyl (C=O) groups is 2. The van der Waals surface area contributed by atoms with E-state index in [4.69, 9.17) is 4.89 Å². The summed E-state index contributed by atoms with van der Waals surface area (Å²) in [6.45, 7) is 2.31. The molecule has 1 atom stereocenters. The molecular formula is C10H19NO5PS+. The van der Waals surface area contributed by atoms with E-state index in [9.17, 15) is 14.2 Å². The summed E-state index contributed by atoms with van der Waals surface area (Å²) < 4.78 is 14.7. The summed E-state index contributed by atoms with van der Waals surface area (Å²) in [4.78, 5) is 30.2. The number of amides is 1. The summed E-state index contributed by atoms with van der Waals surface area (Å²) in [6.07, 6.45) is 3.39. The summed E-state index contributed by atoms with van der Waals surface area (Å²) in [7, 11) is -2.48. The van der Waals surface area contributed by atoms with Crippen molar-refractivity contribution in [3.63, 3.8) is 0 Å². The first-order valence-electron chi connectivity index (χ1n) is 5.71. The molecular weight excluding hydrogens is 277 g/mol. The molecule has 0 aliphatic rings. The maximum Gasteiger partial charge on any atom is 0.694 e. The normalized spacial score (nSPS) is 11.1. The molecule has 104 valence electrons. The van der Waals surface area contributed by atoms with Crippen LogP contribution in [0.25, 0.3) is 0 Å². The van der Waals surface area contributed by atoms with Gasteiger partial charge in [0.2, 0.25) is 5.91 Å². The second-order valence-electron chi connectivity index (χ2n) is 3.62. The van der Waals surface area contributed by atoms with Crippen molar-refractivity contribution in [2.24, 2.45) is 0 Å². The van der Waals surface area contributed by atoms with Crippen LogP contribution in [0.4, 0.5) is 0 Å². The molecule has 0 rings (SSSR count). The van der Waals surface area contributed by atoms with Crippen molar-refractivity contribution in [1.29, 1.82) is 0 Å². The highest BCUT2D eigenvalue weighted by Gasteiger charge is 2.09. The van der Waals surface area contributed by atoms with Gasteiger partial charge in [-0.1, -0.05) is 24.6 Å². The minimum Gasteiger partial charge on any atom is -0.355 e. The molecule has 0 saturated heterocycles. The van der Waals surface area contributed by atoms with Crippen LogP contribution >= 0.6 is 20.0 Å². The number of hydrogen-bond acceptors (Lipinski definition) is 5. The Bertz CT molecular complexity index is 287. The SMILES string of the molecule is CC(=O)SCC(=O)NCCCCCCO[P+](=O)O. The van der Waals surface area contributed by atoms with E-state index in [0.717, 1.165) is 37.4 Å². The quantitative estimate of drug-likeness (QED) is 0.470. The maximum atomic E-state index is 11.2. The summed E-state index contributed by atoms with van der Waals surface area (Å²) in [5.41, 5.74) is 0. The Labute approximate surface area is 112 Å². The molecule has 6 nitrogen and oxygen atoms in total. The fraction of sp³-hybridized carbons (Fsp3) is 0.800. The zero-order chi connectivity index (χ0) is 13.8. The van der Waals surface area contributed by atoms with Crippen LogP contribution < -0.4 is 5.32 Å². The molecule has 0 aliphatic heterocycles. The number of unbranched alkanes of at least 4 members (excludes halogenated alkanes) is 3. The Morgan fingerprint density at radius 3 is 2.56 bits per heavy atom. The van der Waals surface area contributed by atoms with Gasteiger partial charge in [-0.15, -0.1) is 9.42 Å². The maximum absolute atomic E-state index is 11.2. The molecule has 0 aromatic rings. The fourth-order valence-electron chi connectivity index (χ4n) is 1.17. The molecule has 0 radical (unpaired) electrons. The van der Waals surface area contributed by atoms with Gasteiger partial charge in [0.15, 0.2) is 5.12 Å². The lowest BCUT2D eigenvalue weighted by Crippen LogP contribution is -2.26. The van der Waals surface area contributed by atoms with Gasteiger partial charge < -0.3 is 5.32 Å². The number of thioether (sulfide) groups is 1. The van der Waals surface area contributed by atoms with Crippen molar-refractivity contribution in [1.82, 2.24) is 5.32 Å². The zero-order valence-corrected chi connectivity index (χ0v) is 12.1. The second kappa shape index (κ2) is 11.6. The largest absolute Gasteiger partial charge is 0.694 e. The molecule has 0 aromatic heterocycles. The highest BCUT2D eigenvalue weighted by Crippen LogP contribution is 2.15. The third kappa shape index (κ3) is 13.6. The lowest BCUT2D eigenvalue weighted by Gasteiger charge is -2.03. The molecule has 0 spiro atoms. The number of nitrogens with one attached hydrogen (secondary N) is 1. The molecule has 8 heteroatoms. The van der Waals surface area contributed by atoms with Crippen LogP contribution in [0.1, 0.15) is 32.6 Å². The van der Waals surface area contributed by atoms with Crippen molar-refractivity contribution in [3.05, 3.63) is 0 Å². The molecule has 18 heavy (non-hydrogen) atoms. The smallest absolute Gasteiger partial charge is 0.355 e. The molecule has 1 amide bonds. The Morgan fingerprint density at radius 2 is 1.94 bits per heavy atom. The van der Waals surface area contributed by atoms with Crippen LogP contribution in [0.3, 0.4) is 0 Å². The van der Waals surface area contributed by atoms with E-state index in [1.807, 2.05) is 0 Å². The van der Waals surface area contributed by atoms with Gasteiger partial charge in [0.05, 0.1) is 5.75 Å². The van der Waals surface area contributed by atoms with Crippen LogP contribution in [0, 0.1) is 0 Å². The van der Waals surface area contributed by atoms with Crippen molar-refractivity contribution in [3.8, 4) is 0 Å². The first kappa shape index (κ1) is 17.5. The molecule has 2 N–H and O–H groups in total. The Morgan fingerprint density at radius 1 is 1.28 bits per heavy atom. The van der Waals surface area contributed by atoms with E-state index >= 15 is 0 Å². The minimum absolute atomic E-state index is 0.0626. The number of rotatable bonds is 10. The Hall–Kier alpha value is -0.490. The molecule has 0 aliphatic carbocycles. The monoisotopic (exact) mass is 296 g/mol. The first-order chi connectivity index (χ1) is 8.52. The molecule has 0 fully saturated rings. The first-order valence-corrected chi connectivity index (χ1v) is 7.83. The Balaban J connectivity index is 3.22. The summed E-state index contributed by atoms with van der Waals surface area (Å²) in [5, 5.41) is 2.65. The van der Waals surface area contributed by atoms with Crippen LogP contribution in [0.15, 0.2) is 0 Å². The van der Waals surface area contributed by atoms with Gasteiger partial charge in [0.25, 0.3) is 0 Å². The van der Waals surface area contributed by atoms with Gasteiger partial charge in [-0.05, 0) is 12.8 Å². The van der Waals surface area contributed by atoms with Crippen LogP contribution in [-0.4, -0.2) is 34.8 Å². The van der Waals surface area contributed by atoms with Crippen molar-refractivity contribution >= 4 is 31.0 Å². The molecule has 0 aromatic carbocycles. The van der Waals surface area contributed by atoms with E-state index in [2.05, 4.69) is 9.84 Å². The topological polar surface area (TPSA) is 92.7 Å². The fourth-order valence-corrected chi connectivity index (χ4v) is 1.89. The van der Waals surface area contributed by atoms with Crippen LogP contribution in [0.2, 0.25) is 0 Å². The predicted octanol–water partition coefficient (Wildman–Crippen LogP) is 1.61. The predicted molar refractivity (Wildman–Crippen MR) is 70.4 cm³/mol. The van der Waals surface area contributed by atoms with Crippen molar-refractivity contribution in [2.45, 2.75) is 32.6 Å². The summed E-state index contributed by atoms with van der Waals surface area (Å²) >= 11 is 0.998. The van der Waals surface area contributed by atoms with Crippen LogP contribution in [-0.2, 0) is 18.7 Å². The third-order valence-corrected chi connectivity index (χ3v) is 3.22. The van der Waals surface area contributed by atoms with E-state index < -0.39 is 8.25 Å². The van der Waals surface area contributed by atoms with Gasteiger partial charge in [0, 0.05) is 18.0 Å². The molecule has 0 bridgehead atoms. The zero-order valence-electron chi connectivity index (χ0n) is 10.4. The van der Waals surface area contributed by atoms with Gasteiger partial charge in [-0.3, -0.25) is 9.59 Å². The van der Waals surface area contributed by atoms with Crippen LogP contribution in [0.5, 0.6) is 0 Å². The van der Waals surface area contributed by atoms with Gasteiger partial charge >= 0.3 is 8.25 Å². The van der Waals surface area contributed by atoms with Crippen molar-refractivity contribution in [2.75, 3.05) is 18.9 Å². The van der Waals surface area contributed by atoms with Crippen molar-refractivity contribution < 1.29 is 23.6 Å². The highest BCUT2D eigenvalue weighted by molar-refractivity contribution is 8.14. The lowest BCUT2D eigenvalue weighted by molar-refractivity contribution is -0.118. The van der Waals surface area contributed by atoms with E-state index in [1.54, 1.807) is 0 Å². The average molecular weight is 296 g/mol. The number of hydrogen-bond donors (Lipinski definition) is 2. The summed E-state index contributed by atoms with van der Waals surface area (Å²) in [5.74, 6) is 0.0445. The summed E-state index contributed by atoms with van der Waals surface area (Å²) in [6, 6.07) is 0. The lowest BCUT2D eigenvalue weighted by atomic mass is 10.2. The molecule has 1 unspecified atom stereocenters. The molecule has 0 saturated carbocycles. The van der Waals surface area contributed by atoms with Gasteiger partial charge in [0.1, 0.15) is 6.61 Å². The third-order valence-electron chi connectivity index (χ3n) is 2.00. The van der Waals surface area contributed by atoms with E-state index in [-0.39, 0.29) is 23.4 Å². The average Bonchev–Trinajstić information content (AvgIpc) is 2.29. The Kier molecular flexibility index (Phi) is 11.3. The standard InChI is InChI=1S/C10H18NO5PS/c1-9(12)18-8-10(13)11-6-4-2-3-5-7-16-17(14)15/h2-8H2,1H3,(H-,11,13,14,15)/p+1. The van der Waals surface area contributed by atoms with Gasteiger partial charge in [-0.2, -0.15) is 0 Å². The molecule has 0 heterocycles. The van der Waals surface area contributed by atoms with E-state index in [1.165, 1.54) is 6.92 Å². The van der Waals surface area contributed by atoms with E-state index in [0.29, 0.717) is 6.54 Å². The van der Waals surface area contributed by atoms with Gasteiger partial charge in [-0.25, -0.2) is 0 Å².